The molecule has 0 N–H and O–H groups in total. The van der Waals surface area contributed by atoms with Crippen LogP contribution >= 0.6 is 0 Å². The smallest absolute Gasteiger partial charge is 0.110 e. The predicted molar refractivity (Wildman–Crippen MR) is 69.6 cm³/mol. The molecule has 1 atom stereocenters. The van der Waals surface area contributed by atoms with E-state index in [9.17, 15) is 0 Å². The summed E-state index contributed by atoms with van der Waals surface area (Å²) in [5.74, 6) is 0. The maximum Gasteiger partial charge on any atom is 0.110 e. The van der Waals surface area contributed by atoms with Crippen molar-refractivity contribution in [1.29, 1.82) is 0 Å². The molecule has 1 rings (SSSR count). The molecule has 1 fully saturated rings. The minimum Gasteiger partial charge on any atom is -0.362 e. The monoisotopic (exact) mass is 227 g/mol. The fourth-order valence-electron chi connectivity index (χ4n) is 2.46. The highest BCUT2D eigenvalue weighted by atomic mass is 16.5. The Kier molecular flexibility index (Phi) is 7.87. The van der Waals surface area contributed by atoms with E-state index in [-0.39, 0.29) is 0 Å². The van der Waals surface area contributed by atoms with Crippen LogP contribution in [0.2, 0.25) is 0 Å². The van der Waals surface area contributed by atoms with Crippen LogP contribution in [-0.2, 0) is 4.74 Å². The first-order valence-corrected chi connectivity index (χ1v) is 7.24. The molecular formula is C14H29NO. The van der Waals surface area contributed by atoms with Crippen LogP contribution in [-0.4, -0.2) is 30.8 Å². The van der Waals surface area contributed by atoms with Gasteiger partial charge in [0.05, 0.1) is 6.61 Å². The maximum absolute atomic E-state index is 5.77. The van der Waals surface area contributed by atoms with Crippen molar-refractivity contribution in [3.05, 3.63) is 0 Å². The minimum absolute atomic E-state index is 0.436. The van der Waals surface area contributed by atoms with Crippen molar-refractivity contribution in [2.24, 2.45) is 0 Å². The number of hydrogen-bond acceptors (Lipinski definition) is 2. The van der Waals surface area contributed by atoms with Crippen molar-refractivity contribution in [3.8, 4) is 0 Å². The molecule has 1 unspecified atom stereocenters. The third kappa shape index (κ3) is 5.31. The Morgan fingerprint density at radius 1 is 1.00 bits per heavy atom. The lowest BCUT2D eigenvalue weighted by molar-refractivity contribution is 0.0253. The molecule has 1 heterocycles. The average Bonchev–Trinajstić information content (AvgIpc) is 2.72. The summed E-state index contributed by atoms with van der Waals surface area (Å²) in [6.45, 7) is 7.82. The first kappa shape index (κ1) is 14.0. The standard InChI is InChI=1S/C14H29NO/c1-3-5-6-7-8-9-10-14-15(11-4-2)12-13-16-14/h14H,3-13H2,1-2H3. The Balaban J connectivity index is 1.99. The molecule has 0 bridgehead atoms. The lowest BCUT2D eigenvalue weighted by atomic mass is 10.1. The zero-order valence-electron chi connectivity index (χ0n) is 11.2. The van der Waals surface area contributed by atoms with Crippen LogP contribution in [0, 0.1) is 0 Å². The fourth-order valence-corrected chi connectivity index (χ4v) is 2.46. The molecule has 2 nitrogen and oxygen atoms in total. The number of ether oxygens (including phenoxy) is 1. The van der Waals surface area contributed by atoms with Crippen LogP contribution < -0.4 is 0 Å². The Labute approximate surface area is 101 Å². The van der Waals surface area contributed by atoms with E-state index in [1.807, 2.05) is 0 Å². The lowest BCUT2D eigenvalue weighted by Gasteiger charge is -2.22. The molecular weight excluding hydrogens is 198 g/mol. The Morgan fingerprint density at radius 2 is 1.75 bits per heavy atom. The van der Waals surface area contributed by atoms with Gasteiger partial charge < -0.3 is 4.74 Å². The molecule has 0 amide bonds. The van der Waals surface area contributed by atoms with Gasteiger partial charge in [-0.25, -0.2) is 0 Å². The van der Waals surface area contributed by atoms with Gasteiger partial charge in [0.1, 0.15) is 6.23 Å². The molecule has 1 saturated heterocycles. The van der Waals surface area contributed by atoms with Crippen LogP contribution in [0.1, 0.15) is 65.2 Å². The summed E-state index contributed by atoms with van der Waals surface area (Å²) in [6.07, 6.45) is 11.2. The molecule has 1 aliphatic heterocycles. The molecule has 0 saturated carbocycles. The molecule has 0 aromatic carbocycles. The Morgan fingerprint density at radius 3 is 2.50 bits per heavy atom. The second-order valence-corrected chi connectivity index (χ2v) is 4.92. The van der Waals surface area contributed by atoms with E-state index in [0.29, 0.717) is 6.23 Å². The maximum atomic E-state index is 5.77. The highest BCUT2D eigenvalue weighted by molar-refractivity contribution is 4.69. The van der Waals surface area contributed by atoms with Crippen molar-refractivity contribution >= 4 is 0 Å². The quantitative estimate of drug-likeness (QED) is 0.555. The van der Waals surface area contributed by atoms with E-state index in [2.05, 4.69) is 18.7 Å². The highest BCUT2D eigenvalue weighted by Crippen LogP contribution is 2.17. The second kappa shape index (κ2) is 9.00. The molecule has 0 aliphatic carbocycles. The first-order valence-electron chi connectivity index (χ1n) is 7.24. The van der Waals surface area contributed by atoms with Crippen LogP contribution in [0.15, 0.2) is 0 Å². The number of nitrogens with zero attached hydrogens (tertiary/aromatic N) is 1. The number of rotatable bonds is 9. The van der Waals surface area contributed by atoms with Gasteiger partial charge in [-0.15, -0.1) is 0 Å². The van der Waals surface area contributed by atoms with Gasteiger partial charge in [0.25, 0.3) is 0 Å². The van der Waals surface area contributed by atoms with Crippen molar-refractivity contribution in [2.45, 2.75) is 71.4 Å². The number of unbranched alkanes of at least 4 members (excludes halogenated alkanes) is 5. The summed E-state index contributed by atoms with van der Waals surface area (Å²) in [5.41, 5.74) is 0. The largest absolute Gasteiger partial charge is 0.362 e. The lowest BCUT2D eigenvalue weighted by Crippen LogP contribution is -2.30. The van der Waals surface area contributed by atoms with Gasteiger partial charge in [0, 0.05) is 13.1 Å². The van der Waals surface area contributed by atoms with E-state index < -0.39 is 0 Å². The zero-order valence-corrected chi connectivity index (χ0v) is 11.2. The van der Waals surface area contributed by atoms with Gasteiger partial charge >= 0.3 is 0 Å². The third-order valence-electron chi connectivity index (χ3n) is 3.41. The summed E-state index contributed by atoms with van der Waals surface area (Å²) in [5, 5.41) is 0. The van der Waals surface area contributed by atoms with Crippen molar-refractivity contribution < 1.29 is 4.74 Å². The topological polar surface area (TPSA) is 12.5 Å². The molecule has 96 valence electrons. The molecule has 0 radical (unpaired) electrons. The molecule has 2 heteroatoms. The SMILES string of the molecule is CCCCCCCCC1OCCN1CCC. The van der Waals surface area contributed by atoms with Gasteiger partial charge in [-0.3, -0.25) is 4.90 Å². The number of hydrogen-bond donors (Lipinski definition) is 0. The van der Waals surface area contributed by atoms with E-state index in [1.54, 1.807) is 0 Å². The zero-order chi connectivity index (χ0) is 11.6. The third-order valence-corrected chi connectivity index (χ3v) is 3.41. The van der Waals surface area contributed by atoms with Gasteiger partial charge in [0.15, 0.2) is 0 Å². The molecule has 0 aromatic rings. The van der Waals surface area contributed by atoms with Crippen LogP contribution in [0.3, 0.4) is 0 Å². The van der Waals surface area contributed by atoms with E-state index in [0.717, 1.165) is 13.2 Å². The van der Waals surface area contributed by atoms with Gasteiger partial charge in [0.2, 0.25) is 0 Å². The Hall–Kier alpha value is -0.0800. The second-order valence-electron chi connectivity index (χ2n) is 4.92. The summed E-state index contributed by atoms with van der Waals surface area (Å²) in [4.78, 5) is 2.51. The molecule has 16 heavy (non-hydrogen) atoms. The van der Waals surface area contributed by atoms with E-state index >= 15 is 0 Å². The van der Waals surface area contributed by atoms with Crippen molar-refractivity contribution in [3.63, 3.8) is 0 Å². The van der Waals surface area contributed by atoms with Gasteiger partial charge in [-0.1, -0.05) is 46.0 Å². The van der Waals surface area contributed by atoms with Gasteiger partial charge in [-0.2, -0.15) is 0 Å². The van der Waals surface area contributed by atoms with Crippen molar-refractivity contribution in [1.82, 2.24) is 4.90 Å². The summed E-state index contributed by atoms with van der Waals surface area (Å²) in [7, 11) is 0. The van der Waals surface area contributed by atoms with Crippen LogP contribution in [0.5, 0.6) is 0 Å². The molecule has 0 aromatic heterocycles. The average molecular weight is 227 g/mol. The summed E-state index contributed by atoms with van der Waals surface area (Å²) in [6, 6.07) is 0. The van der Waals surface area contributed by atoms with E-state index in [4.69, 9.17) is 4.74 Å². The Bertz CT molecular complexity index is 161. The molecule has 1 aliphatic rings. The predicted octanol–water partition coefficient (Wildman–Crippen LogP) is 3.81. The summed E-state index contributed by atoms with van der Waals surface area (Å²) >= 11 is 0. The van der Waals surface area contributed by atoms with Crippen LogP contribution in [0.4, 0.5) is 0 Å². The van der Waals surface area contributed by atoms with E-state index in [1.165, 1.54) is 57.9 Å². The van der Waals surface area contributed by atoms with Crippen LogP contribution in [0.25, 0.3) is 0 Å². The van der Waals surface area contributed by atoms with Gasteiger partial charge in [-0.05, 0) is 19.3 Å². The highest BCUT2D eigenvalue weighted by Gasteiger charge is 2.23. The minimum atomic E-state index is 0.436. The fraction of sp³-hybridized carbons (Fsp3) is 1.00. The normalized spacial score (nSPS) is 21.8. The van der Waals surface area contributed by atoms with Crippen molar-refractivity contribution in [2.75, 3.05) is 19.7 Å². The molecule has 0 spiro atoms. The summed E-state index contributed by atoms with van der Waals surface area (Å²) < 4.78 is 5.77. The first-order chi connectivity index (χ1) is 7.88.